The first-order chi connectivity index (χ1) is 9.06. The molecule has 0 spiro atoms. The molecule has 0 unspecified atom stereocenters. The van der Waals surface area contributed by atoms with E-state index in [0.717, 1.165) is 16.7 Å². The Bertz CT molecular complexity index is 593. The lowest BCUT2D eigenvalue weighted by atomic mass is 9.99. The standard InChI is InChI=1S/C16H17NO2/c1-11-4-2-6-13(8-11)14-7-3-5-12(9-14)10-15(17)16(18)19/h2-9,15H,10,17H2,1H3,(H,18,19)/t15-/m0/s1. The van der Waals surface area contributed by atoms with Crippen LogP contribution in [0.5, 0.6) is 0 Å². The summed E-state index contributed by atoms with van der Waals surface area (Å²) in [5, 5.41) is 8.84. The van der Waals surface area contributed by atoms with Gasteiger partial charge >= 0.3 is 5.97 Å². The molecule has 0 aliphatic rings. The summed E-state index contributed by atoms with van der Waals surface area (Å²) in [6, 6.07) is 15.2. The molecule has 0 aliphatic heterocycles. The number of carbonyl (C=O) groups is 1. The van der Waals surface area contributed by atoms with Crippen molar-refractivity contribution in [1.82, 2.24) is 0 Å². The Hall–Kier alpha value is -2.13. The van der Waals surface area contributed by atoms with Gasteiger partial charge in [0.25, 0.3) is 0 Å². The molecule has 0 radical (unpaired) electrons. The molecule has 2 aromatic rings. The van der Waals surface area contributed by atoms with Crippen LogP contribution < -0.4 is 5.73 Å². The van der Waals surface area contributed by atoms with Crippen molar-refractivity contribution in [2.75, 3.05) is 0 Å². The molecule has 2 aromatic carbocycles. The van der Waals surface area contributed by atoms with Crippen LogP contribution in [0.2, 0.25) is 0 Å². The average molecular weight is 255 g/mol. The maximum absolute atomic E-state index is 10.8. The maximum Gasteiger partial charge on any atom is 0.320 e. The van der Waals surface area contributed by atoms with Gasteiger partial charge in [0.1, 0.15) is 6.04 Å². The van der Waals surface area contributed by atoms with Crippen molar-refractivity contribution in [3.8, 4) is 11.1 Å². The zero-order chi connectivity index (χ0) is 13.8. The van der Waals surface area contributed by atoms with Gasteiger partial charge in [-0.15, -0.1) is 0 Å². The first-order valence-corrected chi connectivity index (χ1v) is 6.20. The van der Waals surface area contributed by atoms with Gasteiger partial charge in [-0.2, -0.15) is 0 Å². The number of carboxylic acid groups (broad SMARTS) is 1. The van der Waals surface area contributed by atoms with Crippen LogP contribution in [0.1, 0.15) is 11.1 Å². The lowest BCUT2D eigenvalue weighted by Gasteiger charge is -2.09. The van der Waals surface area contributed by atoms with Crippen molar-refractivity contribution in [2.24, 2.45) is 5.73 Å². The van der Waals surface area contributed by atoms with E-state index in [1.807, 2.05) is 49.4 Å². The fourth-order valence-electron chi connectivity index (χ4n) is 2.04. The number of nitrogens with two attached hydrogens (primary N) is 1. The van der Waals surface area contributed by atoms with Crippen LogP contribution in [0, 0.1) is 6.92 Å². The number of benzene rings is 2. The predicted octanol–water partition coefficient (Wildman–Crippen LogP) is 2.62. The van der Waals surface area contributed by atoms with Crippen molar-refractivity contribution in [2.45, 2.75) is 19.4 Å². The zero-order valence-electron chi connectivity index (χ0n) is 10.8. The summed E-state index contributed by atoms with van der Waals surface area (Å²) < 4.78 is 0. The highest BCUT2D eigenvalue weighted by Crippen LogP contribution is 2.21. The second-order valence-electron chi connectivity index (χ2n) is 4.72. The van der Waals surface area contributed by atoms with E-state index in [9.17, 15) is 4.79 Å². The van der Waals surface area contributed by atoms with Gasteiger partial charge in [-0.05, 0) is 30.0 Å². The topological polar surface area (TPSA) is 63.3 Å². The minimum atomic E-state index is -0.971. The van der Waals surface area contributed by atoms with Crippen molar-refractivity contribution < 1.29 is 9.90 Å². The van der Waals surface area contributed by atoms with Crippen molar-refractivity contribution in [3.05, 3.63) is 59.7 Å². The summed E-state index contributed by atoms with van der Waals surface area (Å²) in [5.41, 5.74) is 9.91. The van der Waals surface area contributed by atoms with Crippen molar-refractivity contribution in [1.29, 1.82) is 0 Å². The molecule has 0 bridgehead atoms. The molecule has 0 saturated carbocycles. The Balaban J connectivity index is 2.27. The molecule has 0 heterocycles. The summed E-state index contributed by atoms with van der Waals surface area (Å²) in [6.07, 6.45) is 0.342. The van der Waals surface area contributed by atoms with Crippen LogP contribution in [0.15, 0.2) is 48.5 Å². The molecule has 0 amide bonds. The summed E-state index contributed by atoms with van der Waals surface area (Å²) in [6.45, 7) is 2.05. The number of carboxylic acids is 1. The normalized spacial score (nSPS) is 12.1. The van der Waals surface area contributed by atoms with E-state index >= 15 is 0 Å². The van der Waals surface area contributed by atoms with E-state index in [1.54, 1.807) is 0 Å². The molecule has 2 rings (SSSR count). The Morgan fingerprint density at radius 3 is 2.42 bits per heavy atom. The van der Waals surface area contributed by atoms with Gasteiger partial charge in [0, 0.05) is 0 Å². The number of rotatable bonds is 4. The SMILES string of the molecule is Cc1cccc(-c2cccc(C[C@H](N)C(=O)O)c2)c1. The third kappa shape index (κ3) is 3.42. The largest absolute Gasteiger partial charge is 0.480 e. The average Bonchev–Trinajstić information content (AvgIpc) is 2.39. The van der Waals surface area contributed by atoms with E-state index in [2.05, 4.69) is 6.07 Å². The van der Waals surface area contributed by atoms with Gasteiger partial charge in [-0.3, -0.25) is 4.79 Å². The smallest absolute Gasteiger partial charge is 0.320 e. The molecule has 0 saturated heterocycles. The monoisotopic (exact) mass is 255 g/mol. The highest BCUT2D eigenvalue weighted by molar-refractivity contribution is 5.73. The van der Waals surface area contributed by atoms with Gasteiger partial charge in [-0.1, -0.05) is 54.1 Å². The Morgan fingerprint density at radius 2 is 1.79 bits per heavy atom. The van der Waals surface area contributed by atoms with Gasteiger partial charge < -0.3 is 10.8 Å². The highest BCUT2D eigenvalue weighted by atomic mass is 16.4. The molecule has 3 N–H and O–H groups in total. The van der Waals surface area contributed by atoms with Crippen molar-refractivity contribution >= 4 is 5.97 Å². The number of hydrogen-bond acceptors (Lipinski definition) is 2. The summed E-state index contributed by atoms with van der Waals surface area (Å²) in [7, 11) is 0. The lowest BCUT2D eigenvalue weighted by molar-refractivity contribution is -0.138. The second-order valence-corrected chi connectivity index (χ2v) is 4.72. The van der Waals surface area contributed by atoms with Gasteiger partial charge in [0.2, 0.25) is 0 Å². The molecule has 0 fully saturated rings. The van der Waals surface area contributed by atoms with Crippen LogP contribution >= 0.6 is 0 Å². The summed E-state index contributed by atoms with van der Waals surface area (Å²) >= 11 is 0. The van der Waals surface area contributed by atoms with Gasteiger partial charge in [0.15, 0.2) is 0 Å². The van der Waals surface area contributed by atoms with Gasteiger partial charge in [-0.25, -0.2) is 0 Å². The summed E-state index contributed by atoms with van der Waals surface area (Å²) in [4.78, 5) is 10.8. The molecule has 0 aromatic heterocycles. The number of hydrogen-bond donors (Lipinski definition) is 2. The van der Waals surface area contributed by atoms with E-state index in [-0.39, 0.29) is 0 Å². The highest BCUT2D eigenvalue weighted by Gasteiger charge is 2.12. The lowest BCUT2D eigenvalue weighted by Crippen LogP contribution is -2.32. The molecule has 98 valence electrons. The van der Waals surface area contributed by atoms with Crippen LogP contribution in [-0.4, -0.2) is 17.1 Å². The Labute approximate surface area is 112 Å². The number of aryl methyl sites for hydroxylation is 1. The van der Waals surface area contributed by atoms with E-state index in [4.69, 9.17) is 10.8 Å². The Kier molecular flexibility index (Phi) is 3.97. The number of aliphatic carboxylic acids is 1. The van der Waals surface area contributed by atoms with Crippen LogP contribution in [0.25, 0.3) is 11.1 Å². The van der Waals surface area contributed by atoms with E-state index in [1.165, 1.54) is 5.56 Å². The third-order valence-corrected chi connectivity index (χ3v) is 3.05. The van der Waals surface area contributed by atoms with E-state index < -0.39 is 12.0 Å². The minimum Gasteiger partial charge on any atom is -0.480 e. The molecular weight excluding hydrogens is 238 g/mol. The first-order valence-electron chi connectivity index (χ1n) is 6.20. The Morgan fingerprint density at radius 1 is 1.16 bits per heavy atom. The zero-order valence-corrected chi connectivity index (χ0v) is 10.8. The fraction of sp³-hybridized carbons (Fsp3) is 0.188. The predicted molar refractivity (Wildman–Crippen MR) is 75.9 cm³/mol. The molecule has 3 heteroatoms. The van der Waals surface area contributed by atoms with Crippen LogP contribution in [0.4, 0.5) is 0 Å². The fourth-order valence-corrected chi connectivity index (χ4v) is 2.04. The van der Waals surface area contributed by atoms with Gasteiger partial charge in [0.05, 0.1) is 0 Å². The maximum atomic E-state index is 10.8. The van der Waals surface area contributed by atoms with Crippen LogP contribution in [-0.2, 0) is 11.2 Å². The third-order valence-electron chi connectivity index (χ3n) is 3.05. The minimum absolute atomic E-state index is 0.342. The molecule has 1 atom stereocenters. The van der Waals surface area contributed by atoms with E-state index in [0.29, 0.717) is 6.42 Å². The molecule has 3 nitrogen and oxygen atoms in total. The molecule has 19 heavy (non-hydrogen) atoms. The molecule has 0 aliphatic carbocycles. The quantitative estimate of drug-likeness (QED) is 0.882. The first kappa shape index (κ1) is 13.3. The van der Waals surface area contributed by atoms with Crippen LogP contribution in [0.3, 0.4) is 0 Å². The second kappa shape index (κ2) is 5.67. The van der Waals surface area contributed by atoms with Crippen molar-refractivity contribution in [3.63, 3.8) is 0 Å². The molecular formula is C16H17NO2. The summed E-state index contributed by atoms with van der Waals surface area (Å²) in [5.74, 6) is -0.971.